The van der Waals surface area contributed by atoms with Crippen LogP contribution < -0.4 is 5.32 Å². The first kappa shape index (κ1) is 23.6. The number of nitrogens with one attached hydrogen (secondary N) is 1. The predicted molar refractivity (Wildman–Crippen MR) is 124 cm³/mol. The first-order chi connectivity index (χ1) is 15.9. The van der Waals surface area contributed by atoms with Crippen molar-refractivity contribution in [2.45, 2.75) is 37.2 Å². The molecular formula is C23H26ClN3O5S. The number of nitrogens with zero attached hydrogens (tertiary/aromatic N) is 2. The summed E-state index contributed by atoms with van der Waals surface area (Å²) in [6.07, 6.45) is 5.10. The standard InChI is InChI=1S/C23H26ClN3O5S/c24-21-8-7-20(33(29,30)27-10-1-2-11-27)15-22(21)25-23(28)9-12-26(16-18-5-3-13-31-18)17-19-6-4-14-32-19/h3-8,13-15H,1-2,9-12,16-17H2,(H,25,28). The molecule has 10 heteroatoms. The summed E-state index contributed by atoms with van der Waals surface area (Å²) in [7, 11) is -3.60. The third-order valence-electron chi connectivity index (χ3n) is 5.49. The number of carbonyl (C=O) groups excluding carboxylic acids is 1. The van der Waals surface area contributed by atoms with E-state index in [9.17, 15) is 13.2 Å². The second-order valence-corrected chi connectivity index (χ2v) is 10.3. The molecular weight excluding hydrogens is 466 g/mol. The van der Waals surface area contributed by atoms with Gasteiger partial charge in [0.05, 0.1) is 41.2 Å². The maximum Gasteiger partial charge on any atom is 0.243 e. The van der Waals surface area contributed by atoms with E-state index in [0.717, 1.165) is 24.4 Å². The fourth-order valence-electron chi connectivity index (χ4n) is 3.77. The highest BCUT2D eigenvalue weighted by Crippen LogP contribution is 2.28. The zero-order valence-electron chi connectivity index (χ0n) is 18.1. The van der Waals surface area contributed by atoms with Crippen LogP contribution in [-0.4, -0.2) is 43.2 Å². The number of halogens is 1. The highest BCUT2D eigenvalue weighted by Gasteiger charge is 2.27. The van der Waals surface area contributed by atoms with E-state index in [1.807, 2.05) is 29.2 Å². The van der Waals surface area contributed by atoms with Crippen molar-refractivity contribution in [3.8, 4) is 0 Å². The Kier molecular flexibility index (Phi) is 7.54. The van der Waals surface area contributed by atoms with Crippen molar-refractivity contribution in [1.82, 2.24) is 9.21 Å². The summed E-state index contributed by atoms with van der Waals surface area (Å²) in [6, 6.07) is 11.8. The lowest BCUT2D eigenvalue weighted by Crippen LogP contribution is -2.28. The van der Waals surface area contributed by atoms with Crippen molar-refractivity contribution in [3.63, 3.8) is 0 Å². The molecule has 0 radical (unpaired) electrons. The van der Waals surface area contributed by atoms with Gasteiger partial charge in [0, 0.05) is 26.1 Å². The summed E-state index contributed by atoms with van der Waals surface area (Å²) in [5.41, 5.74) is 0.283. The van der Waals surface area contributed by atoms with Gasteiger partial charge in [0.15, 0.2) is 0 Å². The third-order valence-corrected chi connectivity index (χ3v) is 7.71. The van der Waals surface area contributed by atoms with Crippen molar-refractivity contribution >= 4 is 33.2 Å². The molecule has 3 aromatic rings. The average molecular weight is 492 g/mol. The van der Waals surface area contributed by atoms with Crippen molar-refractivity contribution in [1.29, 1.82) is 0 Å². The highest BCUT2D eigenvalue weighted by molar-refractivity contribution is 7.89. The first-order valence-electron chi connectivity index (χ1n) is 10.8. The second kappa shape index (κ2) is 10.6. The van der Waals surface area contributed by atoms with Crippen molar-refractivity contribution in [3.05, 3.63) is 71.5 Å². The number of sulfonamides is 1. The molecule has 1 aliphatic rings. The largest absolute Gasteiger partial charge is 0.468 e. The number of furan rings is 2. The Balaban J connectivity index is 1.40. The lowest BCUT2D eigenvalue weighted by molar-refractivity contribution is -0.116. The van der Waals surface area contributed by atoms with Crippen LogP contribution in [0, 0.1) is 0 Å². The quantitative estimate of drug-likeness (QED) is 0.453. The predicted octanol–water partition coefficient (Wildman–Crippen LogP) is 4.34. The molecule has 33 heavy (non-hydrogen) atoms. The van der Waals surface area contributed by atoms with Gasteiger partial charge < -0.3 is 14.2 Å². The molecule has 4 rings (SSSR count). The van der Waals surface area contributed by atoms with Gasteiger partial charge in [-0.3, -0.25) is 9.69 Å². The van der Waals surface area contributed by atoms with Crippen LogP contribution in [0.2, 0.25) is 5.02 Å². The number of anilines is 1. The second-order valence-electron chi connectivity index (χ2n) is 7.92. The van der Waals surface area contributed by atoms with Gasteiger partial charge in [0.2, 0.25) is 15.9 Å². The number of benzene rings is 1. The van der Waals surface area contributed by atoms with Gasteiger partial charge in [-0.05, 0) is 55.3 Å². The topological polar surface area (TPSA) is 96.0 Å². The van der Waals surface area contributed by atoms with Gasteiger partial charge >= 0.3 is 0 Å². The number of hydrogen-bond donors (Lipinski definition) is 1. The third kappa shape index (κ3) is 6.05. The summed E-state index contributed by atoms with van der Waals surface area (Å²) in [6.45, 7) is 2.49. The zero-order valence-corrected chi connectivity index (χ0v) is 19.6. The molecule has 0 bridgehead atoms. The maximum atomic E-state index is 12.8. The maximum absolute atomic E-state index is 12.8. The Morgan fingerprint density at radius 1 is 1.03 bits per heavy atom. The Morgan fingerprint density at radius 3 is 2.24 bits per heavy atom. The lowest BCUT2D eigenvalue weighted by atomic mass is 10.2. The van der Waals surface area contributed by atoms with Crippen molar-refractivity contribution < 1.29 is 22.0 Å². The molecule has 1 N–H and O–H groups in total. The van der Waals surface area contributed by atoms with Gasteiger partial charge in [-0.1, -0.05) is 11.6 Å². The lowest BCUT2D eigenvalue weighted by Gasteiger charge is -2.20. The van der Waals surface area contributed by atoms with Crippen LogP contribution in [0.5, 0.6) is 0 Å². The minimum absolute atomic E-state index is 0.126. The van der Waals surface area contributed by atoms with Crippen LogP contribution >= 0.6 is 11.6 Å². The van der Waals surface area contributed by atoms with E-state index in [1.54, 1.807) is 12.5 Å². The van der Waals surface area contributed by atoms with E-state index in [-0.39, 0.29) is 27.9 Å². The van der Waals surface area contributed by atoms with Gasteiger partial charge in [0.25, 0.3) is 0 Å². The molecule has 8 nitrogen and oxygen atoms in total. The molecule has 1 aliphatic heterocycles. The first-order valence-corrected chi connectivity index (χ1v) is 12.6. The molecule has 1 amide bonds. The van der Waals surface area contributed by atoms with E-state index in [4.69, 9.17) is 20.4 Å². The summed E-state index contributed by atoms with van der Waals surface area (Å²) in [4.78, 5) is 14.8. The molecule has 176 valence electrons. The van der Waals surface area contributed by atoms with E-state index in [2.05, 4.69) is 5.32 Å². The summed E-state index contributed by atoms with van der Waals surface area (Å²) in [5.74, 6) is 1.30. The van der Waals surface area contributed by atoms with Crippen molar-refractivity contribution in [2.24, 2.45) is 0 Å². The van der Waals surface area contributed by atoms with Gasteiger partial charge in [-0.15, -0.1) is 0 Å². The fourth-order valence-corrected chi connectivity index (χ4v) is 5.48. The molecule has 0 spiro atoms. The number of hydrogen-bond acceptors (Lipinski definition) is 6. The molecule has 0 atom stereocenters. The normalized spacial score (nSPS) is 14.7. The summed E-state index contributed by atoms with van der Waals surface area (Å²) < 4.78 is 38.0. The Bertz CT molecular complexity index is 1120. The van der Waals surface area contributed by atoms with Crippen LogP contribution in [0.3, 0.4) is 0 Å². The molecule has 2 aromatic heterocycles. The Labute approximate surface area is 198 Å². The Hall–Kier alpha value is -2.59. The smallest absolute Gasteiger partial charge is 0.243 e. The van der Waals surface area contributed by atoms with E-state index in [0.29, 0.717) is 32.7 Å². The molecule has 3 heterocycles. The molecule has 1 saturated heterocycles. The summed E-state index contributed by atoms with van der Waals surface area (Å²) in [5, 5.41) is 3.04. The van der Waals surface area contributed by atoms with Gasteiger partial charge in [0.1, 0.15) is 11.5 Å². The van der Waals surface area contributed by atoms with Crippen LogP contribution in [-0.2, 0) is 27.9 Å². The van der Waals surface area contributed by atoms with Crippen LogP contribution in [0.1, 0.15) is 30.8 Å². The van der Waals surface area contributed by atoms with Gasteiger partial charge in [-0.2, -0.15) is 4.31 Å². The highest BCUT2D eigenvalue weighted by atomic mass is 35.5. The fraction of sp³-hybridized carbons (Fsp3) is 0.348. The zero-order chi connectivity index (χ0) is 23.3. The SMILES string of the molecule is O=C(CCN(Cc1ccco1)Cc1ccco1)Nc1cc(S(=O)(=O)N2CCCC2)ccc1Cl. The van der Waals surface area contributed by atoms with E-state index in [1.165, 1.54) is 22.5 Å². The molecule has 0 saturated carbocycles. The Morgan fingerprint density at radius 2 is 1.67 bits per heavy atom. The number of amides is 1. The molecule has 0 aliphatic carbocycles. The number of rotatable bonds is 10. The van der Waals surface area contributed by atoms with E-state index < -0.39 is 10.0 Å². The molecule has 1 aromatic carbocycles. The average Bonchev–Trinajstić information content (AvgIpc) is 3.57. The van der Waals surface area contributed by atoms with Crippen LogP contribution in [0.25, 0.3) is 0 Å². The van der Waals surface area contributed by atoms with E-state index >= 15 is 0 Å². The van der Waals surface area contributed by atoms with Crippen LogP contribution in [0.4, 0.5) is 5.69 Å². The van der Waals surface area contributed by atoms with Gasteiger partial charge in [-0.25, -0.2) is 8.42 Å². The van der Waals surface area contributed by atoms with Crippen LogP contribution in [0.15, 0.2) is 68.7 Å². The minimum Gasteiger partial charge on any atom is -0.468 e. The molecule has 0 unspecified atom stereocenters. The number of carbonyl (C=O) groups is 1. The van der Waals surface area contributed by atoms with Crippen molar-refractivity contribution in [2.75, 3.05) is 25.0 Å². The molecule has 1 fully saturated rings. The minimum atomic E-state index is -3.60. The summed E-state index contributed by atoms with van der Waals surface area (Å²) >= 11 is 6.24. The monoisotopic (exact) mass is 491 g/mol.